The number of nitrogens with zero attached hydrogens (tertiary/aromatic N) is 1. The molecule has 2 aromatic rings. The van der Waals surface area contributed by atoms with Crippen LogP contribution in [-0.4, -0.2) is 31.7 Å². The van der Waals surface area contributed by atoms with Gasteiger partial charge in [-0.3, -0.25) is 4.79 Å². The molecule has 5 heteroatoms. The number of hydrogen-bond donors (Lipinski definition) is 2. The molecule has 0 atom stereocenters. The fourth-order valence-corrected chi connectivity index (χ4v) is 2.58. The van der Waals surface area contributed by atoms with Crippen LogP contribution in [0.25, 0.3) is 0 Å². The van der Waals surface area contributed by atoms with Crippen LogP contribution < -0.4 is 10.2 Å². The van der Waals surface area contributed by atoms with Crippen molar-refractivity contribution in [1.82, 2.24) is 0 Å². The van der Waals surface area contributed by atoms with Gasteiger partial charge in [0.1, 0.15) is 6.61 Å². The third-order valence-electron chi connectivity index (χ3n) is 2.75. The Labute approximate surface area is 128 Å². The second-order valence-electron chi connectivity index (χ2n) is 4.49. The molecule has 108 valence electrons. The summed E-state index contributed by atoms with van der Waals surface area (Å²) in [6.07, 6.45) is 0. The Morgan fingerprint density at radius 3 is 2.76 bits per heavy atom. The second kappa shape index (κ2) is 6.93. The van der Waals surface area contributed by atoms with E-state index in [4.69, 9.17) is 5.11 Å². The van der Waals surface area contributed by atoms with Gasteiger partial charge in [0.05, 0.1) is 21.1 Å². The van der Waals surface area contributed by atoms with Crippen LogP contribution >= 0.6 is 11.3 Å². The fourth-order valence-electron chi connectivity index (χ4n) is 1.81. The molecule has 4 nitrogen and oxygen atoms in total. The highest BCUT2D eigenvalue weighted by molar-refractivity contribution is 7.14. The van der Waals surface area contributed by atoms with E-state index in [1.54, 1.807) is 12.1 Å². The summed E-state index contributed by atoms with van der Waals surface area (Å²) in [5.74, 6) is 5.20. The molecular weight excluding hydrogens is 284 g/mol. The van der Waals surface area contributed by atoms with Gasteiger partial charge in [0.2, 0.25) is 0 Å². The number of hydrogen-bond acceptors (Lipinski definition) is 4. The molecule has 0 saturated carbocycles. The van der Waals surface area contributed by atoms with Crippen molar-refractivity contribution in [1.29, 1.82) is 0 Å². The Bertz CT molecular complexity index is 696. The summed E-state index contributed by atoms with van der Waals surface area (Å²) in [6.45, 7) is -0.185. The molecule has 2 N–H and O–H groups in total. The van der Waals surface area contributed by atoms with Crippen LogP contribution in [-0.2, 0) is 0 Å². The standard InChI is InChI=1S/C16H16N2O2S/c1-18(2)14-8-4-3-7-13(14)17-16(20)15-10-9-12(21-15)6-5-11-19/h3-4,7-10,19H,11H2,1-2H3,(H,17,20). The summed E-state index contributed by atoms with van der Waals surface area (Å²) in [6, 6.07) is 11.1. The van der Waals surface area contributed by atoms with Crippen LogP contribution in [0.15, 0.2) is 36.4 Å². The number of anilines is 2. The van der Waals surface area contributed by atoms with Crippen LogP contribution in [0.5, 0.6) is 0 Å². The molecule has 0 spiro atoms. The van der Waals surface area contributed by atoms with Crippen molar-refractivity contribution in [3.8, 4) is 11.8 Å². The Morgan fingerprint density at radius 1 is 1.29 bits per heavy atom. The quantitative estimate of drug-likeness (QED) is 0.856. The average molecular weight is 300 g/mol. The van der Waals surface area contributed by atoms with Crippen molar-refractivity contribution in [2.24, 2.45) is 0 Å². The van der Waals surface area contributed by atoms with Gasteiger partial charge in [-0.05, 0) is 24.3 Å². The molecule has 0 radical (unpaired) electrons. The number of amides is 1. The molecule has 0 aliphatic rings. The second-order valence-corrected chi connectivity index (χ2v) is 5.57. The zero-order valence-electron chi connectivity index (χ0n) is 11.9. The van der Waals surface area contributed by atoms with Crippen molar-refractivity contribution in [2.75, 3.05) is 30.9 Å². The number of nitrogens with one attached hydrogen (secondary N) is 1. The molecule has 0 unspecified atom stereocenters. The van der Waals surface area contributed by atoms with E-state index in [1.165, 1.54) is 11.3 Å². The predicted molar refractivity (Wildman–Crippen MR) is 87.0 cm³/mol. The summed E-state index contributed by atoms with van der Waals surface area (Å²) < 4.78 is 0. The van der Waals surface area contributed by atoms with Gasteiger partial charge < -0.3 is 15.3 Å². The minimum atomic E-state index is -0.185. The van der Waals surface area contributed by atoms with Gasteiger partial charge in [-0.1, -0.05) is 24.0 Å². The lowest BCUT2D eigenvalue weighted by Gasteiger charge is -2.17. The van der Waals surface area contributed by atoms with Crippen LogP contribution in [0, 0.1) is 11.8 Å². The first-order valence-electron chi connectivity index (χ1n) is 6.39. The van der Waals surface area contributed by atoms with Crippen LogP contribution in [0.1, 0.15) is 14.5 Å². The van der Waals surface area contributed by atoms with Crippen molar-refractivity contribution < 1.29 is 9.90 Å². The smallest absolute Gasteiger partial charge is 0.265 e. The van der Waals surface area contributed by atoms with Crippen LogP contribution in [0.3, 0.4) is 0 Å². The van der Waals surface area contributed by atoms with Gasteiger partial charge in [0.25, 0.3) is 5.91 Å². The van der Waals surface area contributed by atoms with E-state index in [0.717, 1.165) is 16.3 Å². The Morgan fingerprint density at radius 2 is 2.05 bits per heavy atom. The molecule has 0 aliphatic carbocycles. The molecule has 2 rings (SSSR count). The van der Waals surface area contributed by atoms with E-state index < -0.39 is 0 Å². The molecule has 0 saturated heterocycles. The number of aliphatic hydroxyl groups excluding tert-OH is 1. The molecule has 0 bridgehead atoms. The zero-order valence-corrected chi connectivity index (χ0v) is 12.7. The van der Waals surface area contributed by atoms with Crippen LogP contribution in [0.4, 0.5) is 11.4 Å². The van der Waals surface area contributed by atoms with Crippen molar-refractivity contribution in [3.05, 3.63) is 46.2 Å². The minimum Gasteiger partial charge on any atom is -0.384 e. The van der Waals surface area contributed by atoms with E-state index in [0.29, 0.717) is 4.88 Å². The van der Waals surface area contributed by atoms with Crippen molar-refractivity contribution in [2.45, 2.75) is 0 Å². The maximum absolute atomic E-state index is 12.3. The van der Waals surface area contributed by atoms with Gasteiger partial charge in [0.15, 0.2) is 0 Å². The Balaban J connectivity index is 2.17. The first-order chi connectivity index (χ1) is 10.1. The number of carbonyl (C=O) groups excluding carboxylic acids is 1. The van der Waals surface area contributed by atoms with Gasteiger partial charge >= 0.3 is 0 Å². The van der Waals surface area contributed by atoms with Crippen LogP contribution in [0.2, 0.25) is 0 Å². The zero-order chi connectivity index (χ0) is 15.2. The normalized spacial score (nSPS) is 9.67. The lowest BCUT2D eigenvalue weighted by Crippen LogP contribution is -2.15. The van der Waals surface area contributed by atoms with Crippen molar-refractivity contribution in [3.63, 3.8) is 0 Å². The number of para-hydroxylation sites is 2. The molecule has 0 fully saturated rings. The highest BCUT2D eigenvalue weighted by Crippen LogP contribution is 2.25. The predicted octanol–water partition coefficient (Wildman–Crippen LogP) is 2.41. The largest absolute Gasteiger partial charge is 0.384 e. The summed E-state index contributed by atoms with van der Waals surface area (Å²) in [4.78, 5) is 15.6. The van der Waals surface area contributed by atoms with E-state index in [1.807, 2.05) is 43.3 Å². The van der Waals surface area contributed by atoms with Gasteiger partial charge in [0, 0.05) is 14.1 Å². The first kappa shape index (κ1) is 15.1. The fraction of sp³-hybridized carbons (Fsp3) is 0.188. The number of thiophene rings is 1. The Kier molecular flexibility index (Phi) is 4.99. The van der Waals surface area contributed by atoms with Crippen molar-refractivity contribution >= 4 is 28.6 Å². The molecule has 21 heavy (non-hydrogen) atoms. The molecular formula is C16H16N2O2S. The highest BCUT2D eigenvalue weighted by atomic mass is 32.1. The molecule has 1 aromatic heterocycles. The number of benzene rings is 1. The average Bonchev–Trinajstić information content (AvgIpc) is 2.94. The summed E-state index contributed by atoms with van der Waals surface area (Å²) in [5.41, 5.74) is 1.71. The summed E-state index contributed by atoms with van der Waals surface area (Å²) >= 11 is 1.30. The maximum atomic E-state index is 12.3. The molecule has 0 aliphatic heterocycles. The summed E-state index contributed by atoms with van der Waals surface area (Å²) in [7, 11) is 3.86. The number of carbonyl (C=O) groups is 1. The maximum Gasteiger partial charge on any atom is 0.265 e. The lowest BCUT2D eigenvalue weighted by atomic mass is 10.2. The van der Waals surface area contributed by atoms with E-state index in [-0.39, 0.29) is 12.5 Å². The number of aliphatic hydroxyl groups is 1. The first-order valence-corrected chi connectivity index (χ1v) is 7.20. The highest BCUT2D eigenvalue weighted by Gasteiger charge is 2.11. The molecule has 1 amide bonds. The SMILES string of the molecule is CN(C)c1ccccc1NC(=O)c1ccc(C#CCO)s1. The molecule has 1 aromatic carbocycles. The lowest BCUT2D eigenvalue weighted by molar-refractivity contribution is 0.103. The minimum absolute atomic E-state index is 0.161. The monoisotopic (exact) mass is 300 g/mol. The third-order valence-corrected chi connectivity index (χ3v) is 3.75. The topological polar surface area (TPSA) is 52.6 Å². The van der Waals surface area contributed by atoms with Gasteiger partial charge in [-0.2, -0.15) is 0 Å². The summed E-state index contributed by atoms with van der Waals surface area (Å²) in [5, 5.41) is 11.6. The Hall–Kier alpha value is -2.29. The van der Waals surface area contributed by atoms with Gasteiger partial charge in [-0.15, -0.1) is 11.3 Å². The van der Waals surface area contributed by atoms with E-state index in [9.17, 15) is 4.79 Å². The third kappa shape index (κ3) is 3.85. The van der Waals surface area contributed by atoms with Gasteiger partial charge in [-0.25, -0.2) is 0 Å². The van der Waals surface area contributed by atoms with E-state index >= 15 is 0 Å². The van der Waals surface area contributed by atoms with E-state index in [2.05, 4.69) is 17.2 Å². The molecule has 1 heterocycles. The number of rotatable bonds is 3.